The van der Waals surface area contributed by atoms with Crippen molar-refractivity contribution in [2.75, 3.05) is 36.7 Å². The Bertz CT molecular complexity index is 1090. The van der Waals surface area contributed by atoms with Gasteiger partial charge in [0.1, 0.15) is 17.3 Å². The van der Waals surface area contributed by atoms with Gasteiger partial charge in [0, 0.05) is 31.7 Å². The number of aryl methyl sites for hydroxylation is 1. The second-order valence-electron chi connectivity index (χ2n) is 9.33. The van der Waals surface area contributed by atoms with E-state index in [0.717, 1.165) is 50.3 Å². The van der Waals surface area contributed by atoms with Gasteiger partial charge in [-0.05, 0) is 75.7 Å². The van der Waals surface area contributed by atoms with Gasteiger partial charge in [-0.3, -0.25) is 10.1 Å². The van der Waals surface area contributed by atoms with Gasteiger partial charge in [-0.15, -0.1) is 0 Å². The molecule has 1 saturated carbocycles. The molecule has 2 aliphatic carbocycles. The molecule has 11 heteroatoms. The zero-order chi connectivity index (χ0) is 24.9. The van der Waals surface area contributed by atoms with E-state index >= 15 is 0 Å². The van der Waals surface area contributed by atoms with Gasteiger partial charge in [-0.25, -0.2) is 4.98 Å². The van der Waals surface area contributed by atoms with Crippen LogP contribution in [0.15, 0.2) is 18.2 Å². The van der Waals surface area contributed by atoms with Gasteiger partial charge in [0.25, 0.3) is 5.69 Å². The predicted octanol–water partition coefficient (Wildman–Crippen LogP) is 4.05. The molecule has 0 spiro atoms. The van der Waals surface area contributed by atoms with Crippen molar-refractivity contribution < 1.29 is 9.66 Å². The third kappa shape index (κ3) is 6.08. The Morgan fingerprint density at radius 3 is 2.54 bits per heavy atom. The SMILES string of the molecule is COc1ccc(NC(=S)N[C@H]2CC[C@@H](Nc3nc4c(c(N(C)C)n3)CCCC4)CC2)c([N+](=O)[O-])c1. The van der Waals surface area contributed by atoms with E-state index in [4.69, 9.17) is 26.9 Å². The summed E-state index contributed by atoms with van der Waals surface area (Å²) in [7, 11) is 5.55. The van der Waals surface area contributed by atoms with E-state index in [1.807, 2.05) is 14.1 Å². The second-order valence-corrected chi connectivity index (χ2v) is 9.74. The van der Waals surface area contributed by atoms with Crippen LogP contribution < -0.4 is 25.6 Å². The van der Waals surface area contributed by atoms with Crippen LogP contribution in [-0.2, 0) is 12.8 Å². The summed E-state index contributed by atoms with van der Waals surface area (Å²) < 4.78 is 5.09. The third-order valence-corrected chi connectivity index (χ3v) is 6.85. The third-order valence-electron chi connectivity index (χ3n) is 6.63. The number of nitro groups is 1. The van der Waals surface area contributed by atoms with Crippen LogP contribution in [0.1, 0.15) is 49.8 Å². The molecule has 35 heavy (non-hydrogen) atoms. The number of thiocarbonyl (C=S) groups is 1. The first-order chi connectivity index (χ1) is 16.8. The van der Waals surface area contributed by atoms with Crippen molar-refractivity contribution in [1.29, 1.82) is 0 Å². The molecule has 0 unspecified atom stereocenters. The summed E-state index contributed by atoms with van der Waals surface area (Å²) in [6.45, 7) is 0. The Kier molecular flexibility index (Phi) is 7.84. The summed E-state index contributed by atoms with van der Waals surface area (Å²) in [6.07, 6.45) is 8.21. The lowest BCUT2D eigenvalue weighted by atomic mass is 9.91. The maximum absolute atomic E-state index is 11.4. The molecule has 0 saturated heterocycles. The van der Waals surface area contributed by atoms with Gasteiger partial charge in [0.2, 0.25) is 5.95 Å². The van der Waals surface area contributed by atoms with Crippen molar-refractivity contribution in [3.8, 4) is 5.75 Å². The number of nitro benzene ring substituents is 1. The maximum atomic E-state index is 11.4. The van der Waals surface area contributed by atoms with E-state index < -0.39 is 4.92 Å². The highest BCUT2D eigenvalue weighted by molar-refractivity contribution is 7.80. The first-order valence-electron chi connectivity index (χ1n) is 12.1. The zero-order valence-corrected chi connectivity index (χ0v) is 21.3. The fourth-order valence-corrected chi connectivity index (χ4v) is 5.09. The topological polar surface area (TPSA) is 117 Å². The monoisotopic (exact) mass is 499 g/mol. The molecule has 188 valence electrons. The molecule has 1 heterocycles. The Labute approximate surface area is 211 Å². The molecule has 2 aromatic rings. The number of hydrogen-bond donors (Lipinski definition) is 3. The van der Waals surface area contributed by atoms with Crippen LogP contribution in [0.25, 0.3) is 0 Å². The number of nitrogens with one attached hydrogen (secondary N) is 3. The lowest BCUT2D eigenvalue weighted by Crippen LogP contribution is -2.42. The molecule has 0 atom stereocenters. The van der Waals surface area contributed by atoms with Gasteiger partial charge >= 0.3 is 0 Å². The summed E-state index contributed by atoms with van der Waals surface area (Å²) in [5, 5.41) is 21.6. The molecule has 10 nitrogen and oxygen atoms in total. The molecule has 1 aromatic carbocycles. The van der Waals surface area contributed by atoms with E-state index in [1.54, 1.807) is 12.1 Å². The van der Waals surface area contributed by atoms with E-state index in [9.17, 15) is 10.1 Å². The lowest BCUT2D eigenvalue weighted by Gasteiger charge is -2.31. The van der Waals surface area contributed by atoms with Crippen molar-refractivity contribution in [2.45, 2.75) is 63.5 Å². The minimum absolute atomic E-state index is 0.0800. The molecule has 3 N–H and O–H groups in total. The minimum atomic E-state index is -0.450. The molecule has 4 rings (SSSR count). The van der Waals surface area contributed by atoms with Crippen molar-refractivity contribution in [1.82, 2.24) is 15.3 Å². The molecular formula is C24H33N7O3S. The van der Waals surface area contributed by atoms with Crippen LogP contribution in [0.5, 0.6) is 5.75 Å². The Hall–Kier alpha value is -3.21. The molecule has 0 bridgehead atoms. The summed E-state index contributed by atoms with van der Waals surface area (Å²) in [5.74, 6) is 2.17. The largest absolute Gasteiger partial charge is 0.496 e. The number of methoxy groups -OCH3 is 1. The van der Waals surface area contributed by atoms with Gasteiger partial charge in [-0.1, -0.05) is 0 Å². The molecular weight excluding hydrogens is 466 g/mol. The predicted molar refractivity (Wildman–Crippen MR) is 142 cm³/mol. The van der Waals surface area contributed by atoms with Crippen molar-refractivity contribution in [3.05, 3.63) is 39.6 Å². The average Bonchev–Trinajstić information content (AvgIpc) is 2.84. The lowest BCUT2D eigenvalue weighted by molar-refractivity contribution is -0.384. The van der Waals surface area contributed by atoms with Gasteiger partial charge in [-0.2, -0.15) is 4.98 Å². The zero-order valence-electron chi connectivity index (χ0n) is 20.5. The highest BCUT2D eigenvalue weighted by Gasteiger charge is 2.25. The summed E-state index contributed by atoms with van der Waals surface area (Å²) >= 11 is 5.44. The standard InChI is InChI=1S/C24H33N7O3S/c1-30(2)22-18-6-4-5-7-19(18)27-23(29-22)25-15-8-10-16(11-9-15)26-24(35)28-20-13-12-17(34-3)14-21(20)31(32)33/h12-16H,4-11H2,1-3H3,(H,25,27,29)(H2,26,28,35)/t15-,16+. The Balaban J connectivity index is 1.32. The van der Waals surface area contributed by atoms with Crippen LogP contribution in [0.3, 0.4) is 0 Å². The maximum Gasteiger partial charge on any atom is 0.296 e. The van der Waals surface area contributed by atoms with E-state index in [0.29, 0.717) is 22.6 Å². The average molecular weight is 500 g/mol. The number of ether oxygens (including phenoxy) is 1. The quantitative estimate of drug-likeness (QED) is 0.293. The highest BCUT2D eigenvalue weighted by Crippen LogP contribution is 2.30. The Morgan fingerprint density at radius 1 is 1.14 bits per heavy atom. The highest BCUT2D eigenvalue weighted by atomic mass is 32.1. The first kappa shape index (κ1) is 24.9. The van der Waals surface area contributed by atoms with Crippen LogP contribution in [0, 0.1) is 10.1 Å². The van der Waals surface area contributed by atoms with Gasteiger partial charge in [0.05, 0.1) is 23.8 Å². The van der Waals surface area contributed by atoms with Crippen LogP contribution in [0.4, 0.5) is 23.1 Å². The normalized spacial score (nSPS) is 19.3. The molecule has 0 amide bonds. The van der Waals surface area contributed by atoms with Crippen LogP contribution in [0.2, 0.25) is 0 Å². The second kappa shape index (κ2) is 11.0. The number of nitrogens with zero attached hydrogens (tertiary/aromatic N) is 4. The summed E-state index contributed by atoms with van der Waals surface area (Å²) in [4.78, 5) is 22.7. The molecule has 0 aliphatic heterocycles. The molecule has 1 fully saturated rings. The van der Waals surface area contributed by atoms with Gasteiger partial charge < -0.3 is 25.6 Å². The smallest absolute Gasteiger partial charge is 0.296 e. The number of fused-ring (bicyclic) bond motifs is 1. The summed E-state index contributed by atoms with van der Waals surface area (Å²) in [6, 6.07) is 5.15. The first-order valence-corrected chi connectivity index (χ1v) is 12.5. The summed E-state index contributed by atoms with van der Waals surface area (Å²) in [5.41, 5.74) is 2.73. The van der Waals surface area contributed by atoms with E-state index in [2.05, 4.69) is 20.9 Å². The van der Waals surface area contributed by atoms with Crippen LogP contribution in [-0.4, -0.2) is 53.3 Å². The fraction of sp³-hybridized carbons (Fsp3) is 0.542. The number of anilines is 3. The van der Waals surface area contributed by atoms with Crippen molar-refractivity contribution >= 4 is 40.5 Å². The number of benzene rings is 1. The number of rotatable bonds is 7. The van der Waals surface area contributed by atoms with Crippen molar-refractivity contribution in [2.24, 2.45) is 0 Å². The van der Waals surface area contributed by atoms with Crippen molar-refractivity contribution in [3.63, 3.8) is 0 Å². The number of hydrogen-bond acceptors (Lipinski definition) is 8. The van der Waals surface area contributed by atoms with Gasteiger partial charge in [0.15, 0.2) is 5.11 Å². The Morgan fingerprint density at radius 2 is 1.86 bits per heavy atom. The fourth-order valence-electron chi connectivity index (χ4n) is 4.81. The minimum Gasteiger partial charge on any atom is -0.496 e. The van der Waals surface area contributed by atoms with Crippen LogP contribution >= 0.6 is 12.2 Å². The molecule has 1 aromatic heterocycles. The molecule has 0 radical (unpaired) electrons. The number of aromatic nitrogens is 2. The molecule has 2 aliphatic rings. The van der Waals surface area contributed by atoms with E-state index in [1.165, 1.54) is 37.3 Å². The van der Waals surface area contributed by atoms with E-state index in [-0.39, 0.29) is 11.7 Å².